The highest BCUT2D eigenvalue weighted by atomic mass is 16.5. The molecule has 1 aliphatic carbocycles. The lowest BCUT2D eigenvalue weighted by Gasteiger charge is -2.24. The van der Waals surface area contributed by atoms with Crippen LogP contribution < -0.4 is 10.5 Å². The van der Waals surface area contributed by atoms with Gasteiger partial charge in [-0.15, -0.1) is 0 Å². The van der Waals surface area contributed by atoms with E-state index in [0.717, 1.165) is 17.9 Å². The van der Waals surface area contributed by atoms with Crippen LogP contribution in [0.5, 0.6) is 5.88 Å². The molecule has 1 aromatic rings. The van der Waals surface area contributed by atoms with Crippen molar-refractivity contribution >= 4 is 0 Å². The fourth-order valence-corrected chi connectivity index (χ4v) is 1.72. The van der Waals surface area contributed by atoms with Crippen molar-refractivity contribution in [2.45, 2.75) is 31.6 Å². The zero-order chi connectivity index (χ0) is 10.7. The zero-order valence-corrected chi connectivity index (χ0v) is 9.07. The van der Waals surface area contributed by atoms with Crippen molar-refractivity contribution in [3.8, 4) is 5.88 Å². The molecule has 82 valence electrons. The van der Waals surface area contributed by atoms with Gasteiger partial charge in [0, 0.05) is 24.1 Å². The van der Waals surface area contributed by atoms with E-state index >= 15 is 0 Å². The topological polar surface area (TPSA) is 61.0 Å². The van der Waals surface area contributed by atoms with Crippen molar-refractivity contribution in [3.05, 3.63) is 17.6 Å². The summed E-state index contributed by atoms with van der Waals surface area (Å²) in [4.78, 5) is 8.90. The number of rotatable bonds is 4. The molecule has 0 unspecified atom stereocenters. The molecule has 0 spiro atoms. The van der Waals surface area contributed by atoms with E-state index < -0.39 is 0 Å². The van der Waals surface area contributed by atoms with E-state index in [9.17, 15) is 0 Å². The number of nitrogens with two attached hydrogens (primary N) is 1. The smallest absolute Gasteiger partial charge is 0.216 e. The number of hydrogen-bond acceptors (Lipinski definition) is 4. The summed E-state index contributed by atoms with van der Waals surface area (Å²) >= 11 is 0. The molecule has 2 N–H and O–H groups in total. The molecule has 1 heterocycles. The van der Waals surface area contributed by atoms with Crippen molar-refractivity contribution in [2.75, 3.05) is 13.7 Å². The van der Waals surface area contributed by atoms with E-state index in [2.05, 4.69) is 9.97 Å². The van der Waals surface area contributed by atoms with E-state index in [-0.39, 0.29) is 0 Å². The third-order valence-corrected chi connectivity index (χ3v) is 2.85. The second-order valence-electron chi connectivity index (χ2n) is 3.93. The second-order valence-corrected chi connectivity index (χ2v) is 3.93. The first kappa shape index (κ1) is 10.4. The summed E-state index contributed by atoms with van der Waals surface area (Å²) in [6.07, 6.45) is 4.49. The number of aromatic nitrogens is 2. The maximum atomic E-state index is 5.52. The summed E-state index contributed by atoms with van der Waals surface area (Å²) in [7, 11) is 1.64. The normalized spacial score (nSPS) is 16.1. The highest BCUT2D eigenvalue weighted by Crippen LogP contribution is 2.34. The minimum Gasteiger partial charge on any atom is -0.481 e. The minimum absolute atomic E-state index is 0.539. The van der Waals surface area contributed by atoms with Gasteiger partial charge in [0.25, 0.3) is 0 Å². The predicted octanol–water partition coefficient (Wildman–Crippen LogP) is 1.25. The lowest BCUT2D eigenvalue weighted by molar-refractivity contribution is 0.370. The number of methoxy groups -OCH3 is 1. The van der Waals surface area contributed by atoms with E-state index in [1.807, 2.05) is 6.07 Å². The molecule has 1 aromatic heterocycles. The van der Waals surface area contributed by atoms with Gasteiger partial charge in [-0.05, 0) is 19.4 Å². The van der Waals surface area contributed by atoms with Gasteiger partial charge >= 0.3 is 0 Å². The van der Waals surface area contributed by atoms with E-state index in [0.29, 0.717) is 18.3 Å². The molecular weight excluding hydrogens is 190 g/mol. The molecule has 0 aromatic carbocycles. The van der Waals surface area contributed by atoms with Gasteiger partial charge in [-0.25, -0.2) is 4.98 Å². The fourth-order valence-electron chi connectivity index (χ4n) is 1.72. The molecule has 0 aliphatic heterocycles. The Morgan fingerprint density at radius 2 is 2.27 bits per heavy atom. The summed E-state index contributed by atoms with van der Waals surface area (Å²) in [5.41, 5.74) is 6.52. The Bertz CT molecular complexity index is 337. The van der Waals surface area contributed by atoms with Crippen LogP contribution in [0.1, 0.15) is 36.7 Å². The average Bonchev–Trinajstić information content (AvgIpc) is 2.15. The molecule has 0 atom stereocenters. The first-order valence-corrected chi connectivity index (χ1v) is 5.45. The van der Waals surface area contributed by atoms with Crippen LogP contribution in [0.25, 0.3) is 0 Å². The molecule has 2 rings (SSSR count). The second kappa shape index (κ2) is 4.57. The molecule has 0 amide bonds. The van der Waals surface area contributed by atoms with Gasteiger partial charge in [-0.3, -0.25) is 0 Å². The summed E-state index contributed by atoms with van der Waals surface area (Å²) in [6.45, 7) is 0.615. The van der Waals surface area contributed by atoms with E-state index in [4.69, 9.17) is 10.5 Å². The standard InChI is InChI=1S/C11H17N3O/c1-15-10-7-9(5-6-12)13-11(14-10)8-3-2-4-8/h7-8H,2-6,12H2,1H3. The Hall–Kier alpha value is -1.16. The van der Waals surface area contributed by atoms with E-state index in [1.165, 1.54) is 19.3 Å². The Labute approximate surface area is 89.9 Å². The third kappa shape index (κ3) is 2.26. The SMILES string of the molecule is COc1cc(CCN)nc(C2CCC2)n1. The van der Waals surface area contributed by atoms with Crippen LogP contribution >= 0.6 is 0 Å². The largest absolute Gasteiger partial charge is 0.481 e. The van der Waals surface area contributed by atoms with Crippen LogP contribution in [0, 0.1) is 0 Å². The fraction of sp³-hybridized carbons (Fsp3) is 0.636. The lowest BCUT2D eigenvalue weighted by atomic mass is 9.85. The van der Waals surface area contributed by atoms with Crippen LogP contribution in [0.15, 0.2) is 6.07 Å². The first-order valence-electron chi connectivity index (χ1n) is 5.45. The highest BCUT2D eigenvalue weighted by Gasteiger charge is 2.23. The molecule has 0 radical (unpaired) electrons. The van der Waals surface area contributed by atoms with Crippen molar-refractivity contribution in [3.63, 3.8) is 0 Å². The van der Waals surface area contributed by atoms with Crippen LogP contribution in [0.4, 0.5) is 0 Å². The Morgan fingerprint density at radius 3 is 2.80 bits per heavy atom. The average molecular weight is 207 g/mol. The van der Waals surface area contributed by atoms with E-state index in [1.54, 1.807) is 7.11 Å². The quantitative estimate of drug-likeness (QED) is 0.807. The molecule has 15 heavy (non-hydrogen) atoms. The summed E-state index contributed by atoms with van der Waals surface area (Å²) < 4.78 is 5.17. The number of hydrogen-bond donors (Lipinski definition) is 1. The number of ether oxygens (including phenoxy) is 1. The molecule has 4 nitrogen and oxygen atoms in total. The monoisotopic (exact) mass is 207 g/mol. The molecule has 1 aliphatic rings. The lowest BCUT2D eigenvalue weighted by Crippen LogP contribution is -2.15. The molecule has 1 saturated carbocycles. The van der Waals surface area contributed by atoms with Gasteiger partial charge in [0.2, 0.25) is 5.88 Å². The van der Waals surface area contributed by atoms with Gasteiger partial charge in [0.15, 0.2) is 0 Å². The first-order chi connectivity index (χ1) is 7.33. The van der Waals surface area contributed by atoms with Crippen LogP contribution in [-0.4, -0.2) is 23.6 Å². The van der Waals surface area contributed by atoms with Gasteiger partial charge in [-0.2, -0.15) is 4.98 Å². The number of nitrogens with zero attached hydrogens (tertiary/aromatic N) is 2. The van der Waals surface area contributed by atoms with Gasteiger partial charge in [0.05, 0.1) is 7.11 Å². The van der Waals surface area contributed by atoms with Gasteiger partial charge < -0.3 is 10.5 Å². The maximum Gasteiger partial charge on any atom is 0.216 e. The van der Waals surface area contributed by atoms with Crippen LogP contribution in [0.3, 0.4) is 0 Å². The molecule has 4 heteroatoms. The van der Waals surface area contributed by atoms with Crippen LogP contribution in [0.2, 0.25) is 0 Å². The van der Waals surface area contributed by atoms with Crippen molar-refractivity contribution in [2.24, 2.45) is 5.73 Å². The molecule has 1 fully saturated rings. The van der Waals surface area contributed by atoms with Gasteiger partial charge in [0.1, 0.15) is 5.82 Å². The third-order valence-electron chi connectivity index (χ3n) is 2.85. The van der Waals surface area contributed by atoms with Gasteiger partial charge in [-0.1, -0.05) is 6.42 Å². The maximum absolute atomic E-state index is 5.52. The predicted molar refractivity (Wildman–Crippen MR) is 57.9 cm³/mol. The zero-order valence-electron chi connectivity index (χ0n) is 9.07. The Balaban J connectivity index is 2.23. The molecular formula is C11H17N3O. The minimum atomic E-state index is 0.539. The Morgan fingerprint density at radius 1 is 1.47 bits per heavy atom. The molecule has 0 saturated heterocycles. The van der Waals surface area contributed by atoms with Crippen molar-refractivity contribution in [1.29, 1.82) is 0 Å². The summed E-state index contributed by atoms with van der Waals surface area (Å²) in [5.74, 6) is 2.14. The molecule has 0 bridgehead atoms. The Kier molecular flexibility index (Phi) is 3.16. The summed E-state index contributed by atoms with van der Waals surface area (Å²) in [5, 5.41) is 0. The highest BCUT2D eigenvalue weighted by molar-refractivity contribution is 5.19. The summed E-state index contributed by atoms with van der Waals surface area (Å²) in [6, 6.07) is 1.87. The van der Waals surface area contributed by atoms with Crippen molar-refractivity contribution in [1.82, 2.24) is 9.97 Å². The van der Waals surface area contributed by atoms with Crippen LogP contribution in [-0.2, 0) is 6.42 Å². The van der Waals surface area contributed by atoms with Crippen molar-refractivity contribution < 1.29 is 4.74 Å².